The van der Waals surface area contributed by atoms with Crippen molar-refractivity contribution in [3.63, 3.8) is 0 Å². The zero-order valence-corrected chi connectivity index (χ0v) is 22.6. The lowest BCUT2D eigenvalue weighted by atomic mass is 10.0. The molecule has 32 heavy (non-hydrogen) atoms. The molecule has 0 radical (unpaired) electrons. The highest BCUT2D eigenvalue weighted by atomic mass is 79.9. The fraction of sp³-hybridized carbons (Fsp3) is 0.444. The first-order valence-electron chi connectivity index (χ1n) is 11.9. The van der Waals surface area contributed by atoms with Gasteiger partial charge in [-0.25, -0.2) is 4.98 Å². The van der Waals surface area contributed by atoms with E-state index in [0.29, 0.717) is 6.61 Å². The van der Waals surface area contributed by atoms with Crippen molar-refractivity contribution in [3.8, 4) is 22.5 Å². The summed E-state index contributed by atoms with van der Waals surface area (Å²) in [4.78, 5) is 5.29. The van der Waals surface area contributed by atoms with Crippen LogP contribution < -0.4 is 0 Å². The van der Waals surface area contributed by atoms with Crippen molar-refractivity contribution in [2.75, 3.05) is 11.9 Å². The second-order valence-electron chi connectivity index (χ2n) is 9.35. The Morgan fingerprint density at radius 1 is 0.875 bits per heavy atom. The van der Waals surface area contributed by atoms with Gasteiger partial charge in [0.1, 0.15) is 19.7 Å². The van der Waals surface area contributed by atoms with Gasteiger partial charge in [-0.15, -0.1) is 0 Å². The van der Waals surface area contributed by atoms with E-state index in [1.807, 2.05) is 0 Å². The Labute approximate surface area is 203 Å². The summed E-state index contributed by atoms with van der Waals surface area (Å²) in [5.41, 5.74) is 4.62. The topological polar surface area (TPSA) is 27.1 Å². The summed E-state index contributed by atoms with van der Waals surface area (Å²) in [7, 11) is -1.70. The average molecular weight is 514 g/mol. The van der Waals surface area contributed by atoms with E-state index in [1.54, 1.807) is 0 Å². The van der Waals surface area contributed by atoms with Gasteiger partial charge in [0.2, 0.25) is 0 Å². The summed E-state index contributed by atoms with van der Waals surface area (Å²) < 4.78 is 8.92. The van der Waals surface area contributed by atoms with Crippen molar-refractivity contribution in [2.24, 2.45) is 0 Å². The van der Waals surface area contributed by atoms with Crippen LogP contribution >= 0.6 is 15.9 Å². The van der Waals surface area contributed by atoms with E-state index in [2.05, 4.69) is 108 Å². The molecule has 0 saturated carbocycles. The molecule has 172 valence electrons. The number of alkyl halides is 1. The molecule has 0 fully saturated rings. The van der Waals surface area contributed by atoms with Crippen molar-refractivity contribution in [3.05, 3.63) is 66.5 Å². The molecule has 3 aromatic rings. The molecule has 0 bridgehead atoms. The number of aryl methyl sites for hydroxylation is 1. The number of nitrogens with zero attached hydrogens (tertiary/aromatic N) is 2. The standard InChI is InChI=1S/C27H37BrN2OSi/c1-5-31-27(32(2,3)4)30-24(20-14-6-7-15-21-28)29-25(22-16-10-8-11-17-22)26(30)23-18-12-9-13-19-23/h8-13,16-19,27H,5-7,14-15,20-21H2,1-4H3. The van der Waals surface area contributed by atoms with E-state index in [0.717, 1.165) is 35.3 Å². The predicted molar refractivity (Wildman–Crippen MR) is 143 cm³/mol. The lowest BCUT2D eigenvalue weighted by molar-refractivity contribution is 0.0627. The Bertz CT molecular complexity index is 951. The Hall–Kier alpha value is -1.69. The van der Waals surface area contributed by atoms with E-state index >= 15 is 0 Å². The molecule has 1 atom stereocenters. The first kappa shape index (κ1) is 24.9. The fourth-order valence-electron chi connectivity index (χ4n) is 4.18. The Morgan fingerprint density at radius 3 is 2.03 bits per heavy atom. The van der Waals surface area contributed by atoms with Crippen molar-refractivity contribution in [1.82, 2.24) is 9.55 Å². The zero-order valence-electron chi connectivity index (χ0n) is 20.0. The molecule has 2 aromatic carbocycles. The number of halogens is 1. The minimum Gasteiger partial charge on any atom is -0.362 e. The van der Waals surface area contributed by atoms with Crippen LogP contribution in [-0.4, -0.2) is 29.6 Å². The first-order chi connectivity index (χ1) is 15.5. The van der Waals surface area contributed by atoms with Gasteiger partial charge in [-0.1, -0.05) is 109 Å². The molecule has 1 aromatic heterocycles. The Morgan fingerprint density at radius 2 is 1.47 bits per heavy atom. The van der Waals surface area contributed by atoms with Crippen LogP contribution in [0.3, 0.4) is 0 Å². The SMILES string of the molecule is CCOC(n1c(CCCCCCBr)nc(-c2ccccc2)c1-c1ccccc1)[Si](C)(C)C. The van der Waals surface area contributed by atoms with Gasteiger partial charge in [0.25, 0.3) is 0 Å². The molecule has 3 nitrogen and oxygen atoms in total. The summed E-state index contributed by atoms with van der Waals surface area (Å²) in [6.45, 7) is 9.98. The first-order valence-corrected chi connectivity index (χ1v) is 16.6. The summed E-state index contributed by atoms with van der Waals surface area (Å²) in [5, 5.41) is 1.08. The van der Waals surface area contributed by atoms with Gasteiger partial charge in [0.15, 0.2) is 0 Å². The van der Waals surface area contributed by atoms with Gasteiger partial charge in [-0.3, -0.25) is 0 Å². The smallest absolute Gasteiger partial charge is 0.120 e. The molecule has 0 aliphatic carbocycles. The number of aromatic nitrogens is 2. The number of ether oxygens (including phenoxy) is 1. The van der Waals surface area contributed by atoms with Gasteiger partial charge >= 0.3 is 0 Å². The van der Waals surface area contributed by atoms with E-state index < -0.39 is 8.07 Å². The molecule has 1 heterocycles. The van der Waals surface area contributed by atoms with E-state index in [9.17, 15) is 0 Å². The van der Waals surface area contributed by atoms with Gasteiger partial charge in [-0.2, -0.15) is 0 Å². The number of hydrogen-bond donors (Lipinski definition) is 0. The maximum absolute atomic E-state index is 6.47. The highest BCUT2D eigenvalue weighted by molar-refractivity contribution is 9.09. The number of rotatable bonds is 12. The van der Waals surface area contributed by atoms with E-state index in [1.165, 1.54) is 30.5 Å². The number of imidazole rings is 1. The van der Waals surface area contributed by atoms with Crippen LogP contribution in [-0.2, 0) is 11.2 Å². The monoisotopic (exact) mass is 512 g/mol. The molecule has 3 rings (SSSR count). The summed E-state index contributed by atoms with van der Waals surface area (Å²) in [6, 6.07) is 21.3. The molecule has 0 aliphatic rings. The van der Waals surface area contributed by atoms with Gasteiger partial charge in [0, 0.05) is 29.5 Å². The fourth-order valence-corrected chi connectivity index (χ4v) is 6.29. The second-order valence-corrected chi connectivity index (χ2v) is 15.4. The molecule has 0 spiro atoms. The normalized spacial score (nSPS) is 12.8. The summed E-state index contributed by atoms with van der Waals surface area (Å²) in [5.74, 6) is 1.20. The van der Waals surface area contributed by atoms with Crippen LogP contribution in [0.4, 0.5) is 0 Å². The Kier molecular flexibility index (Phi) is 9.32. The second kappa shape index (κ2) is 12.0. The average Bonchev–Trinajstić information content (AvgIpc) is 3.16. The van der Waals surface area contributed by atoms with Gasteiger partial charge in [0.05, 0.1) is 11.4 Å². The minimum atomic E-state index is -1.70. The van der Waals surface area contributed by atoms with Crippen LogP contribution in [0.2, 0.25) is 19.6 Å². The number of hydrogen-bond acceptors (Lipinski definition) is 2. The Balaban J connectivity index is 2.18. The lowest BCUT2D eigenvalue weighted by Crippen LogP contribution is -2.38. The lowest BCUT2D eigenvalue weighted by Gasteiger charge is -2.32. The van der Waals surface area contributed by atoms with Crippen LogP contribution in [0.15, 0.2) is 60.7 Å². The zero-order chi connectivity index (χ0) is 23.0. The van der Waals surface area contributed by atoms with Crippen molar-refractivity contribution >= 4 is 24.0 Å². The highest BCUT2D eigenvalue weighted by Gasteiger charge is 2.34. The van der Waals surface area contributed by atoms with Crippen molar-refractivity contribution in [2.45, 2.75) is 64.5 Å². The highest BCUT2D eigenvalue weighted by Crippen LogP contribution is 2.38. The van der Waals surface area contributed by atoms with Crippen molar-refractivity contribution < 1.29 is 4.74 Å². The molecule has 0 amide bonds. The molecular weight excluding hydrogens is 476 g/mol. The third-order valence-electron chi connectivity index (χ3n) is 5.66. The molecule has 0 aliphatic heterocycles. The van der Waals surface area contributed by atoms with Gasteiger partial charge in [-0.05, 0) is 19.8 Å². The van der Waals surface area contributed by atoms with E-state index in [-0.39, 0.29) is 5.85 Å². The predicted octanol–water partition coefficient (Wildman–Crippen LogP) is 8.13. The number of benzene rings is 2. The van der Waals surface area contributed by atoms with Gasteiger partial charge < -0.3 is 9.30 Å². The largest absolute Gasteiger partial charge is 0.362 e. The van der Waals surface area contributed by atoms with Crippen LogP contribution in [0, 0.1) is 0 Å². The van der Waals surface area contributed by atoms with Crippen LogP contribution in [0.1, 0.15) is 44.3 Å². The minimum absolute atomic E-state index is 0.0465. The molecule has 5 heteroatoms. The number of unbranched alkanes of at least 4 members (excludes halogenated alkanes) is 3. The van der Waals surface area contributed by atoms with Crippen LogP contribution in [0.25, 0.3) is 22.5 Å². The van der Waals surface area contributed by atoms with E-state index in [4.69, 9.17) is 9.72 Å². The van der Waals surface area contributed by atoms with Crippen LogP contribution in [0.5, 0.6) is 0 Å². The summed E-state index contributed by atoms with van der Waals surface area (Å²) in [6.07, 6.45) is 5.84. The quantitative estimate of drug-likeness (QED) is 0.139. The molecule has 0 N–H and O–H groups in total. The summed E-state index contributed by atoms with van der Waals surface area (Å²) >= 11 is 3.55. The van der Waals surface area contributed by atoms with Crippen molar-refractivity contribution in [1.29, 1.82) is 0 Å². The maximum Gasteiger partial charge on any atom is 0.120 e. The third-order valence-corrected chi connectivity index (χ3v) is 8.13. The molecule has 0 saturated heterocycles. The molecule has 1 unspecified atom stereocenters. The third kappa shape index (κ3) is 6.21. The molecular formula is C27H37BrN2OSi. The maximum atomic E-state index is 6.47.